The Kier molecular flexibility index (Phi) is 2.19. The lowest BCUT2D eigenvalue weighted by Gasteiger charge is -2.00. The minimum atomic E-state index is -0.193. The smallest absolute Gasteiger partial charge is 0.128 e. The van der Waals surface area contributed by atoms with Gasteiger partial charge in [0, 0.05) is 21.2 Å². The lowest BCUT2D eigenvalue weighted by molar-refractivity contribution is 0.620. The second-order valence-corrected chi connectivity index (χ2v) is 4.19. The molecule has 0 saturated heterocycles. The molecule has 1 aromatic heterocycles. The van der Waals surface area contributed by atoms with Crippen molar-refractivity contribution in [3.8, 4) is 0 Å². The first-order valence-corrected chi connectivity index (χ1v) is 4.96. The van der Waals surface area contributed by atoms with E-state index < -0.39 is 0 Å². The summed E-state index contributed by atoms with van der Waals surface area (Å²) in [6, 6.07) is 5.29. The number of aryl methyl sites for hydroxylation is 1. The quantitative estimate of drug-likeness (QED) is 0.678. The van der Waals surface area contributed by atoms with Gasteiger partial charge in [-0.3, -0.25) is 4.98 Å². The highest BCUT2D eigenvalue weighted by molar-refractivity contribution is 14.1. The number of benzene rings is 1. The largest absolute Gasteiger partial charge is 0.255 e. The van der Waals surface area contributed by atoms with E-state index in [1.165, 1.54) is 6.07 Å². The molecule has 1 aromatic carbocycles. The van der Waals surface area contributed by atoms with Crippen LogP contribution in [0.2, 0.25) is 0 Å². The zero-order chi connectivity index (χ0) is 9.42. The van der Waals surface area contributed by atoms with E-state index in [9.17, 15) is 4.39 Å². The van der Waals surface area contributed by atoms with Crippen LogP contribution in [0.25, 0.3) is 10.9 Å². The molecule has 0 N–H and O–H groups in total. The molecule has 0 aliphatic heterocycles. The van der Waals surface area contributed by atoms with Crippen LogP contribution in [0.4, 0.5) is 4.39 Å². The third-order valence-corrected chi connectivity index (χ3v) is 2.52. The Balaban J connectivity index is 2.81. The fourth-order valence-corrected chi connectivity index (χ4v) is 1.71. The summed E-state index contributed by atoms with van der Waals surface area (Å²) in [4.78, 5) is 4.14. The highest BCUT2D eigenvalue weighted by Crippen LogP contribution is 2.18. The summed E-state index contributed by atoms with van der Waals surface area (Å²) in [5, 5.41) is 0.991. The van der Waals surface area contributed by atoms with Gasteiger partial charge in [-0.2, -0.15) is 0 Å². The highest BCUT2D eigenvalue weighted by atomic mass is 127. The molecule has 0 aliphatic carbocycles. The topological polar surface area (TPSA) is 12.9 Å². The second-order valence-electron chi connectivity index (χ2n) is 2.95. The molecule has 1 nitrogen and oxygen atoms in total. The van der Waals surface area contributed by atoms with Gasteiger partial charge in [0.05, 0.1) is 5.52 Å². The first-order valence-electron chi connectivity index (χ1n) is 3.88. The number of halogens is 2. The standard InChI is InChI=1S/C10H7FIN/c1-6-2-7-3-8(12)5-13-10(7)4-9(6)11/h2-5H,1H3. The van der Waals surface area contributed by atoms with Gasteiger partial charge in [-0.25, -0.2) is 4.39 Å². The van der Waals surface area contributed by atoms with E-state index in [-0.39, 0.29) is 5.82 Å². The minimum absolute atomic E-state index is 0.193. The predicted octanol–water partition coefficient (Wildman–Crippen LogP) is 3.29. The number of hydrogen-bond donors (Lipinski definition) is 0. The Morgan fingerprint density at radius 2 is 2.08 bits per heavy atom. The second kappa shape index (κ2) is 3.21. The van der Waals surface area contributed by atoms with E-state index in [4.69, 9.17) is 0 Å². The van der Waals surface area contributed by atoms with Crippen LogP contribution in [0.5, 0.6) is 0 Å². The number of pyridine rings is 1. The third kappa shape index (κ3) is 1.65. The summed E-state index contributed by atoms with van der Waals surface area (Å²) in [6.07, 6.45) is 1.73. The monoisotopic (exact) mass is 287 g/mol. The molecule has 0 unspecified atom stereocenters. The van der Waals surface area contributed by atoms with Crippen LogP contribution in [0.3, 0.4) is 0 Å². The van der Waals surface area contributed by atoms with Crippen LogP contribution in [-0.4, -0.2) is 4.98 Å². The van der Waals surface area contributed by atoms with Crippen molar-refractivity contribution in [2.45, 2.75) is 6.92 Å². The normalized spacial score (nSPS) is 10.7. The summed E-state index contributed by atoms with van der Waals surface area (Å²) in [5.41, 5.74) is 1.37. The van der Waals surface area contributed by atoms with Gasteiger partial charge in [-0.05, 0) is 47.2 Å². The van der Waals surface area contributed by atoms with Crippen LogP contribution in [-0.2, 0) is 0 Å². The minimum Gasteiger partial charge on any atom is -0.255 e. The lowest BCUT2D eigenvalue weighted by Crippen LogP contribution is -1.86. The molecular weight excluding hydrogens is 280 g/mol. The number of nitrogens with zero attached hydrogens (tertiary/aromatic N) is 1. The van der Waals surface area contributed by atoms with E-state index in [2.05, 4.69) is 27.6 Å². The first-order chi connectivity index (χ1) is 6.16. The Labute approximate surface area is 89.1 Å². The molecule has 1 heterocycles. The van der Waals surface area contributed by atoms with Crippen LogP contribution >= 0.6 is 22.6 Å². The molecule has 3 heteroatoms. The molecule has 0 spiro atoms. The molecule has 2 aromatic rings. The fraction of sp³-hybridized carbons (Fsp3) is 0.100. The van der Waals surface area contributed by atoms with Crippen molar-refractivity contribution >= 4 is 33.5 Å². The van der Waals surface area contributed by atoms with Crippen molar-refractivity contribution < 1.29 is 4.39 Å². The van der Waals surface area contributed by atoms with Crippen molar-refractivity contribution in [2.24, 2.45) is 0 Å². The summed E-state index contributed by atoms with van der Waals surface area (Å²) < 4.78 is 14.2. The van der Waals surface area contributed by atoms with E-state index in [1.54, 1.807) is 13.1 Å². The van der Waals surface area contributed by atoms with E-state index >= 15 is 0 Å². The average molecular weight is 287 g/mol. The first kappa shape index (κ1) is 8.87. The maximum Gasteiger partial charge on any atom is 0.128 e. The van der Waals surface area contributed by atoms with Crippen LogP contribution in [0, 0.1) is 16.3 Å². The summed E-state index contributed by atoms with van der Waals surface area (Å²) in [5.74, 6) is -0.193. The van der Waals surface area contributed by atoms with Crippen molar-refractivity contribution in [2.75, 3.05) is 0 Å². The van der Waals surface area contributed by atoms with Crippen LogP contribution < -0.4 is 0 Å². The van der Waals surface area contributed by atoms with E-state index in [0.717, 1.165) is 8.96 Å². The van der Waals surface area contributed by atoms with Gasteiger partial charge in [0.15, 0.2) is 0 Å². The Hall–Kier alpha value is -0.710. The van der Waals surface area contributed by atoms with Crippen LogP contribution in [0.15, 0.2) is 24.4 Å². The van der Waals surface area contributed by atoms with Gasteiger partial charge in [0.25, 0.3) is 0 Å². The van der Waals surface area contributed by atoms with Gasteiger partial charge in [-0.15, -0.1) is 0 Å². The van der Waals surface area contributed by atoms with Crippen molar-refractivity contribution in [3.05, 3.63) is 39.3 Å². The van der Waals surface area contributed by atoms with Gasteiger partial charge < -0.3 is 0 Å². The molecular formula is C10H7FIN. The molecule has 0 fully saturated rings. The Bertz CT molecular complexity index is 468. The number of hydrogen-bond acceptors (Lipinski definition) is 1. The fourth-order valence-electron chi connectivity index (χ4n) is 1.24. The zero-order valence-electron chi connectivity index (χ0n) is 7.01. The van der Waals surface area contributed by atoms with E-state index in [0.29, 0.717) is 11.1 Å². The number of rotatable bonds is 0. The summed E-state index contributed by atoms with van der Waals surface area (Å²) in [7, 11) is 0. The molecule has 13 heavy (non-hydrogen) atoms. The number of aromatic nitrogens is 1. The third-order valence-electron chi connectivity index (χ3n) is 1.93. The van der Waals surface area contributed by atoms with Gasteiger partial charge in [0.1, 0.15) is 5.82 Å². The summed E-state index contributed by atoms with van der Waals surface area (Å²) in [6.45, 7) is 1.76. The maximum absolute atomic E-state index is 13.1. The lowest BCUT2D eigenvalue weighted by atomic mass is 10.1. The molecule has 0 saturated carbocycles. The molecule has 0 bridgehead atoms. The molecule has 0 atom stereocenters. The average Bonchev–Trinajstić information content (AvgIpc) is 2.08. The molecule has 66 valence electrons. The SMILES string of the molecule is Cc1cc2cc(I)cnc2cc1F. The van der Waals surface area contributed by atoms with Crippen LogP contribution in [0.1, 0.15) is 5.56 Å². The van der Waals surface area contributed by atoms with Gasteiger partial charge >= 0.3 is 0 Å². The van der Waals surface area contributed by atoms with Crippen molar-refractivity contribution in [1.29, 1.82) is 0 Å². The zero-order valence-corrected chi connectivity index (χ0v) is 9.17. The Morgan fingerprint density at radius 1 is 1.31 bits per heavy atom. The van der Waals surface area contributed by atoms with E-state index in [1.807, 2.05) is 12.1 Å². The highest BCUT2D eigenvalue weighted by Gasteiger charge is 2.01. The van der Waals surface area contributed by atoms with Crippen molar-refractivity contribution in [3.63, 3.8) is 0 Å². The number of fused-ring (bicyclic) bond motifs is 1. The predicted molar refractivity (Wildman–Crippen MR) is 59.2 cm³/mol. The summed E-state index contributed by atoms with van der Waals surface area (Å²) >= 11 is 2.19. The van der Waals surface area contributed by atoms with Gasteiger partial charge in [-0.1, -0.05) is 0 Å². The van der Waals surface area contributed by atoms with Crippen molar-refractivity contribution in [1.82, 2.24) is 4.98 Å². The van der Waals surface area contributed by atoms with Gasteiger partial charge in [0.2, 0.25) is 0 Å². The molecule has 0 amide bonds. The maximum atomic E-state index is 13.1. The molecule has 2 rings (SSSR count). The molecule has 0 radical (unpaired) electrons. The molecule has 0 aliphatic rings. The Morgan fingerprint density at radius 3 is 2.85 bits per heavy atom.